The highest BCUT2D eigenvalue weighted by molar-refractivity contribution is 7.80. The standard InChI is InChI=1S/C20H16N6OS/c1-26-12-15(11-22-26)14-9-17-16(21-10-14)7-8-18(23-17)24-20(28)25-19(27)13-5-3-2-4-6-13/h2-12H,1H3,(H2,23,24,25,27,28). The third-order valence-corrected chi connectivity index (χ3v) is 4.28. The molecule has 0 aliphatic heterocycles. The summed E-state index contributed by atoms with van der Waals surface area (Å²) < 4.78 is 1.73. The molecule has 0 spiro atoms. The number of nitrogens with one attached hydrogen (secondary N) is 2. The fourth-order valence-electron chi connectivity index (χ4n) is 2.72. The second kappa shape index (κ2) is 7.53. The smallest absolute Gasteiger partial charge is 0.257 e. The molecule has 0 unspecified atom stereocenters. The van der Waals surface area contributed by atoms with Gasteiger partial charge in [-0.2, -0.15) is 5.10 Å². The lowest BCUT2D eigenvalue weighted by atomic mass is 10.1. The molecule has 4 rings (SSSR count). The predicted octanol–water partition coefficient (Wildman–Crippen LogP) is 3.16. The lowest BCUT2D eigenvalue weighted by Crippen LogP contribution is -2.34. The highest BCUT2D eigenvalue weighted by atomic mass is 32.1. The Morgan fingerprint density at radius 1 is 1.04 bits per heavy atom. The first-order valence-electron chi connectivity index (χ1n) is 8.52. The van der Waals surface area contributed by atoms with Crippen LogP contribution in [0.1, 0.15) is 10.4 Å². The maximum Gasteiger partial charge on any atom is 0.257 e. The Labute approximate surface area is 166 Å². The Balaban J connectivity index is 1.52. The van der Waals surface area contributed by atoms with Crippen LogP contribution in [0.15, 0.2) is 67.1 Å². The molecule has 0 atom stereocenters. The molecule has 3 aromatic heterocycles. The van der Waals surface area contributed by atoms with Crippen molar-refractivity contribution in [1.29, 1.82) is 0 Å². The average molecular weight is 388 g/mol. The van der Waals surface area contributed by atoms with Crippen molar-refractivity contribution in [3.63, 3.8) is 0 Å². The molecule has 0 fully saturated rings. The quantitative estimate of drug-likeness (QED) is 0.525. The summed E-state index contributed by atoms with van der Waals surface area (Å²) in [4.78, 5) is 21.2. The summed E-state index contributed by atoms with van der Waals surface area (Å²) >= 11 is 5.23. The summed E-state index contributed by atoms with van der Waals surface area (Å²) in [5.74, 6) is 0.246. The van der Waals surface area contributed by atoms with E-state index in [2.05, 4.69) is 25.7 Å². The molecule has 0 bridgehead atoms. The number of anilines is 1. The minimum Gasteiger partial charge on any atom is -0.317 e. The second-order valence-electron chi connectivity index (χ2n) is 6.14. The first-order valence-corrected chi connectivity index (χ1v) is 8.92. The molecule has 0 aliphatic carbocycles. The number of thiocarbonyl (C=S) groups is 1. The molecule has 138 valence electrons. The largest absolute Gasteiger partial charge is 0.317 e. The topological polar surface area (TPSA) is 84.7 Å². The Hall–Kier alpha value is -3.65. The molecule has 4 aromatic rings. The minimum absolute atomic E-state index is 0.178. The fraction of sp³-hybridized carbons (Fsp3) is 0.0500. The molecular formula is C20H16N6OS. The van der Waals surface area contributed by atoms with E-state index >= 15 is 0 Å². The van der Waals surface area contributed by atoms with E-state index in [1.807, 2.05) is 31.4 Å². The lowest BCUT2D eigenvalue weighted by Gasteiger charge is -2.09. The number of amides is 1. The van der Waals surface area contributed by atoms with Gasteiger partial charge in [0, 0.05) is 36.1 Å². The zero-order chi connectivity index (χ0) is 19.5. The SMILES string of the molecule is Cn1cc(-c2cnc3ccc(NC(=S)NC(=O)c4ccccc4)nc3c2)cn1. The van der Waals surface area contributed by atoms with Gasteiger partial charge < -0.3 is 5.32 Å². The van der Waals surface area contributed by atoms with Crippen LogP contribution >= 0.6 is 12.2 Å². The van der Waals surface area contributed by atoms with Crippen molar-refractivity contribution >= 4 is 40.1 Å². The molecule has 1 aromatic carbocycles. The number of pyridine rings is 2. The molecule has 1 amide bonds. The highest BCUT2D eigenvalue weighted by Crippen LogP contribution is 2.22. The van der Waals surface area contributed by atoms with Crippen LogP contribution in [-0.4, -0.2) is 30.8 Å². The number of aryl methyl sites for hydroxylation is 1. The number of carbonyl (C=O) groups excluding carboxylic acids is 1. The number of nitrogens with zero attached hydrogens (tertiary/aromatic N) is 4. The summed E-state index contributed by atoms with van der Waals surface area (Å²) in [5, 5.41) is 9.95. The van der Waals surface area contributed by atoms with Crippen molar-refractivity contribution in [2.45, 2.75) is 0 Å². The third-order valence-electron chi connectivity index (χ3n) is 4.08. The minimum atomic E-state index is -0.278. The summed E-state index contributed by atoms with van der Waals surface area (Å²) in [7, 11) is 1.86. The molecule has 0 aliphatic rings. The van der Waals surface area contributed by atoms with Crippen LogP contribution in [0.4, 0.5) is 5.82 Å². The van der Waals surface area contributed by atoms with Crippen LogP contribution in [0, 0.1) is 0 Å². The Morgan fingerprint density at radius 3 is 2.61 bits per heavy atom. The van der Waals surface area contributed by atoms with E-state index in [1.54, 1.807) is 47.4 Å². The molecule has 7 nitrogen and oxygen atoms in total. The molecule has 8 heteroatoms. The van der Waals surface area contributed by atoms with Gasteiger partial charge in [0.15, 0.2) is 5.11 Å². The molecule has 2 N–H and O–H groups in total. The van der Waals surface area contributed by atoms with Crippen LogP contribution in [0.25, 0.3) is 22.2 Å². The van der Waals surface area contributed by atoms with Crippen LogP contribution in [-0.2, 0) is 7.05 Å². The molecule has 0 saturated heterocycles. The van der Waals surface area contributed by atoms with Crippen molar-refractivity contribution < 1.29 is 4.79 Å². The first-order chi connectivity index (χ1) is 13.6. The second-order valence-corrected chi connectivity index (χ2v) is 6.54. The monoisotopic (exact) mass is 388 g/mol. The molecule has 0 radical (unpaired) electrons. The van der Waals surface area contributed by atoms with Gasteiger partial charge in [-0.1, -0.05) is 18.2 Å². The van der Waals surface area contributed by atoms with Gasteiger partial charge in [0.1, 0.15) is 5.82 Å². The van der Waals surface area contributed by atoms with Crippen molar-refractivity contribution in [2.24, 2.45) is 7.05 Å². The van der Waals surface area contributed by atoms with Crippen LogP contribution in [0.2, 0.25) is 0 Å². The third kappa shape index (κ3) is 3.86. The normalized spacial score (nSPS) is 10.6. The van der Waals surface area contributed by atoms with Crippen molar-refractivity contribution in [1.82, 2.24) is 25.1 Å². The summed E-state index contributed by atoms with van der Waals surface area (Å²) in [6.07, 6.45) is 5.48. The van der Waals surface area contributed by atoms with Gasteiger partial charge in [-0.25, -0.2) is 4.98 Å². The predicted molar refractivity (Wildman–Crippen MR) is 112 cm³/mol. The Bertz CT molecular complexity index is 1170. The molecule has 3 heterocycles. The van der Waals surface area contributed by atoms with Crippen LogP contribution < -0.4 is 10.6 Å². The van der Waals surface area contributed by atoms with Crippen LogP contribution in [0.5, 0.6) is 0 Å². The van der Waals surface area contributed by atoms with Gasteiger partial charge in [0.25, 0.3) is 5.91 Å². The Morgan fingerprint density at radius 2 is 1.86 bits per heavy atom. The number of aromatic nitrogens is 4. The van der Waals surface area contributed by atoms with E-state index in [-0.39, 0.29) is 11.0 Å². The van der Waals surface area contributed by atoms with Gasteiger partial charge in [-0.3, -0.25) is 19.8 Å². The molecular weight excluding hydrogens is 372 g/mol. The first kappa shape index (κ1) is 17.7. The van der Waals surface area contributed by atoms with Gasteiger partial charge in [-0.15, -0.1) is 0 Å². The summed E-state index contributed by atoms with van der Waals surface area (Å²) in [6.45, 7) is 0. The fourth-order valence-corrected chi connectivity index (χ4v) is 2.91. The zero-order valence-corrected chi connectivity index (χ0v) is 15.8. The van der Waals surface area contributed by atoms with E-state index in [4.69, 9.17) is 12.2 Å². The van der Waals surface area contributed by atoms with E-state index in [0.717, 1.165) is 16.6 Å². The number of benzene rings is 1. The van der Waals surface area contributed by atoms with Crippen molar-refractivity contribution in [3.05, 3.63) is 72.7 Å². The Kier molecular flexibility index (Phi) is 4.77. The van der Waals surface area contributed by atoms with E-state index in [1.165, 1.54) is 0 Å². The number of carbonyl (C=O) groups is 1. The number of fused-ring (bicyclic) bond motifs is 1. The van der Waals surface area contributed by atoms with Gasteiger partial charge in [-0.05, 0) is 42.5 Å². The average Bonchev–Trinajstić information content (AvgIpc) is 3.14. The number of hydrogen-bond acceptors (Lipinski definition) is 5. The maximum absolute atomic E-state index is 12.2. The van der Waals surface area contributed by atoms with Crippen molar-refractivity contribution in [3.8, 4) is 11.1 Å². The molecule has 0 saturated carbocycles. The van der Waals surface area contributed by atoms with Gasteiger partial charge in [0.05, 0.1) is 17.2 Å². The van der Waals surface area contributed by atoms with Gasteiger partial charge >= 0.3 is 0 Å². The van der Waals surface area contributed by atoms with E-state index in [0.29, 0.717) is 16.9 Å². The van der Waals surface area contributed by atoms with E-state index in [9.17, 15) is 4.79 Å². The number of hydrogen-bond donors (Lipinski definition) is 2. The summed E-state index contributed by atoms with van der Waals surface area (Å²) in [6, 6.07) is 14.4. The zero-order valence-electron chi connectivity index (χ0n) is 15.0. The van der Waals surface area contributed by atoms with Crippen LogP contribution in [0.3, 0.4) is 0 Å². The van der Waals surface area contributed by atoms with Gasteiger partial charge in [0.2, 0.25) is 0 Å². The molecule has 28 heavy (non-hydrogen) atoms. The maximum atomic E-state index is 12.2. The number of rotatable bonds is 3. The van der Waals surface area contributed by atoms with E-state index < -0.39 is 0 Å². The lowest BCUT2D eigenvalue weighted by molar-refractivity contribution is 0.0977. The summed E-state index contributed by atoms with van der Waals surface area (Å²) in [5.41, 5.74) is 3.89. The highest BCUT2D eigenvalue weighted by Gasteiger charge is 2.09. The van der Waals surface area contributed by atoms with Crippen molar-refractivity contribution in [2.75, 3.05) is 5.32 Å².